The lowest BCUT2D eigenvalue weighted by molar-refractivity contribution is -0.121. The first kappa shape index (κ1) is 15.4. The van der Waals surface area contributed by atoms with Crippen LogP contribution in [0.1, 0.15) is 33.1 Å². The summed E-state index contributed by atoms with van der Waals surface area (Å²) in [6.07, 6.45) is 2.54. The second kappa shape index (κ2) is 7.71. The number of hydrogen-bond acceptors (Lipinski definition) is 4. The second-order valence-electron chi connectivity index (χ2n) is 5.34. The van der Waals surface area contributed by atoms with Crippen molar-refractivity contribution in [2.75, 3.05) is 33.4 Å². The summed E-state index contributed by atoms with van der Waals surface area (Å²) in [5.74, 6) is 0.0749. The van der Waals surface area contributed by atoms with Crippen LogP contribution < -0.4 is 10.6 Å². The molecule has 1 saturated heterocycles. The first-order valence-corrected chi connectivity index (χ1v) is 6.66. The maximum absolute atomic E-state index is 11.5. The van der Waals surface area contributed by atoms with Gasteiger partial charge in [0, 0.05) is 39.3 Å². The fourth-order valence-corrected chi connectivity index (χ4v) is 2.18. The maximum atomic E-state index is 11.5. The first-order valence-electron chi connectivity index (χ1n) is 6.66. The molecule has 0 aromatic rings. The Morgan fingerprint density at radius 2 is 2.22 bits per heavy atom. The Morgan fingerprint density at radius 1 is 1.44 bits per heavy atom. The van der Waals surface area contributed by atoms with Crippen molar-refractivity contribution >= 4 is 5.91 Å². The minimum absolute atomic E-state index is 0.0450. The smallest absolute Gasteiger partial charge is 0.221 e. The molecule has 0 aromatic carbocycles. The van der Waals surface area contributed by atoms with Crippen LogP contribution in [-0.4, -0.2) is 51.0 Å². The van der Waals surface area contributed by atoms with E-state index in [2.05, 4.69) is 24.5 Å². The van der Waals surface area contributed by atoms with Crippen molar-refractivity contribution in [2.24, 2.45) is 0 Å². The van der Waals surface area contributed by atoms with E-state index in [1.54, 1.807) is 7.11 Å². The van der Waals surface area contributed by atoms with Crippen molar-refractivity contribution < 1.29 is 14.3 Å². The van der Waals surface area contributed by atoms with E-state index in [-0.39, 0.29) is 11.5 Å². The Labute approximate surface area is 110 Å². The van der Waals surface area contributed by atoms with E-state index < -0.39 is 0 Å². The molecule has 1 aliphatic rings. The fraction of sp³-hybridized carbons (Fsp3) is 0.923. The van der Waals surface area contributed by atoms with Gasteiger partial charge < -0.3 is 20.1 Å². The molecule has 1 amide bonds. The van der Waals surface area contributed by atoms with Gasteiger partial charge in [-0.15, -0.1) is 0 Å². The number of nitrogens with one attached hydrogen (secondary N) is 2. The van der Waals surface area contributed by atoms with Crippen LogP contribution in [-0.2, 0) is 14.3 Å². The lowest BCUT2D eigenvalue weighted by Crippen LogP contribution is -2.44. The number of methoxy groups -OCH3 is 1. The van der Waals surface area contributed by atoms with E-state index in [4.69, 9.17) is 9.47 Å². The number of rotatable bonds is 7. The fourth-order valence-electron chi connectivity index (χ4n) is 2.18. The zero-order chi connectivity index (χ0) is 13.4. The van der Waals surface area contributed by atoms with E-state index in [0.29, 0.717) is 25.6 Å². The monoisotopic (exact) mass is 258 g/mol. The molecule has 1 rings (SSSR count). The number of carbonyl (C=O) groups excluding carboxylic acids is 1. The average Bonchev–Trinajstić information content (AvgIpc) is 2.28. The van der Waals surface area contributed by atoms with Gasteiger partial charge in [0.15, 0.2) is 0 Å². The predicted molar refractivity (Wildman–Crippen MR) is 70.6 cm³/mol. The SMILES string of the molecule is COCCNC(=O)CCNC1CCOC(C)(C)C1. The van der Waals surface area contributed by atoms with Crippen LogP contribution in [0.15, 0.2) is 0 Å². The number of hydrogen-bond donors (Lipinski definition) is 2. The van der Waals surface area contributed by atoms with Gasteiger partial charge in [0.2, 0.25) is 5.91 Å². The van der Waals surface area contributed by atoms with Crippen LogP contribution in [0.25, 0.3) is 0 Å². The van der Waals surface area contributed by atoms with Gasteiger partial charge in [0.1, 0.15) is 0 Å². The summed E-state index contributed by atoms with van der Waals surface area (Å²) in [6, 6.07) is 0.459. The van der Waals surface area contributed by atoms with Crippen molar-refractivity contribution in [1.29, 1.82) is 0 Å². The van der Waals surface area contributed by atoms with Crippen molar-refractivity contribution in [2.45, 2.75) is 44.8 Å². The van der Waals surface area contributed by atoms with Crippen LogP contribution in [0, 0.1) is 0 Å². The Hall–Kier alpha value is -0.650. The molecular weight excluding hydrogens is 232 g/mol. The van der Waals surface area contributed by atoms with Gasteiger partial charge in [0.25, 0.3) is 0 Å². The molecule has 5 heteroatoms. The summed E-state index contributed by atoms with van der Waals surface area (Å²) in [5, 5.41) is 6.24. The minimum Gasteiger partial charge on any atom is -0.383 e. The summed E-state index contributed by atoms with van der Waals surface area (Å²) in [7, 11) is 1.63. The Morgan fingerprint density at radius 3 is 2.89 bits per heavy atom. The standard InChI is InChI=1S/C13H26N2O3/c1-13(2)10-11(5-8-18-13)14-6-4-12(16)15-7-9-17-3/h11,14H,4-10H2,1-3H3,(H,15,16). The molecule has 1 heterocycles. The van der Waals surface area contributed by atoms with Crippen molar-refractivity contribution in [1.82, 2.24) is 10.6 Å². The average molecular weight is 258 g/mol. The maximum Gasteiger partial charge on any atom is 0.221 e. The highest BCUT2D eigenvalue weighted by Gasteiger charge is 2.28. The Balaban J connectivity index is 2.08. The molecule has 106 valence electrons. The lowest BCUT2D eigenvalue weighted by atomic mass is 9.94. The highest BCUT2D eigenvalue weighted by molar-refractivity contribution is 5.76. The molecule has 18 heavy (non-hydrogen) atoms. The van der Waals surface area contributed by atoms with Crippen molar-refractivity contribution in [3.8, 4) is 0 Å². The van der Waals surface area contributed by atoms with Gasteiger partial charge in [-0.2, -0.15) is 0 Å². The number of amides is 1. The number of carbonyl (C=O) groups is 1. The third-order valence-electron chi connectivity index (χ3n) is 3.11. The zero-order valence-electron chi connectivity index (χ0n) is 11.8. The highest BCUT2D eigenvalue weighted by atomic mass is 16.5. The minimum atomic E-state index is -0.0450. The van der Waals surface area contributed by atoms with Crippen LogP contribution in [0.2, 0.25) is 0 Å². The van der Waals surface area contributed by atoms with E-state index in [0.717, 1.165) is 26.0 Å². The van der Waals surface area contributed by atoms with Gasteiger partial charge in [-0.05, 0) is 26.7 Å². The summed E-state index contributed by atoms with van der Waals surface area (Å²) in [5.41, 5.74) is -0.0450. The van der Waals surface area contributed by atoms with Gasteiger partial charge >= 0.3 is 0 Å². The first-order chi connectivity index (χ1) is 8.53. The van der Waals surface area contributed by atoms with E-state index in [1.165, 1.54) is 0 Å². The largest absolute Gasteiger partial charge is 0.383 e. The van der Waals surface area contributed by atoms with Crippen LogP contribution in [0.5, 0.6) is 0 Å². The molecule has 2 N–H and O–H groups in total. The topological polar surface area (TPSA) is 59.6 Å². The zero-order valence-corrected chi connectivity index (χ0v) is 11.8. The van der Waals surface area contributed by atoms with Crippen LogP contribution in [0.4, 0.5) is 0 Å². The van der Waals surface area contributed by atoms with E-state index >= 15 is 0 Å². The third-order valence-corrected chi connectivity index (χ3v) is 3.11. The molecule has 0 radical (unpaired) electrons. The highest BCUT2D eigenvalue weighted by Crippen LogP contribution is 2.23. The molecule has 0 aliphatic carbocycles. The molecular formula is C13H26N2O3. The van der Waals surface area contributed by atoms with Crippen LogP contribution in [0.3, 0.4) is 0 Å². The quantitative estimate of drug-likeness (QED) is 0.660. The van der Waals surface area contributed by atoms with Gasteiger partial charge in [-0.3, -0.25) is 4.79 Å². The third kappa shape index (κ3) is 6.33. The molecule has 0 saturated carbocycles. The van der Waals surface area contributed by atoms with E-state index in [9.17, 15) is 4.79 Å². The molecule has 1 fully saturated rings. The predicted octanol–water partition coefficient (Wildman–Crippen LogP) is 0.686. The lowest BCUT2D eigenvalue weighted by Gasteiger charge is -2.35. The summed E-state index contributed by atoms with van der Waals surface area (Å²) in [4.78, 5) is 11.5. The second-order valence-corrected chi connectivity index (χ2v) is 5.34. The molecule has 5 nitrogen and oxygen atoms in total. The van der Waals surface area contributed by atoms with Gasteiger partial charge in [-0.25, -0.2) is 0 Å². The summed E-state index contributed by atoms with van der Waals surface area (Å²) >= 11 is 0. The Kier molecular flexibility index (Phi) is 6.60. The molecule has 0 bridgehead atoms. The van der Waals surface area contributed by atoms with Gasteiger partial charge in [0.05, 0.1) is 12.2 Å². The van der Waals surface area contributed by atoms with Crippen molar-refractivity contribution in [3.05, 3.63) is 0 Å². The molecule has 0 aromatic heterocycles. The van der Waals surface area contributed by atoms with Crippen molar-refractivity contribution in [3.63, 3.8) is 0 Å². The molecule has 1 atom stereocenters. The normalized spacial score (nSPS) is 22.7. The summed E-state index contributed by atoms with van der Waals surface area (Å²) < 4.78 is 10.5. The Bertz CT molecular complexity index is 257. The van der Waals surface area contributed by atoms with Gasteiger partial charge in [-0.1, -0.05) is 0 Å². The number of ether oxygens (including phenoxy) is 2. The molecule has 1 aliphatic heterocycles. The van der Waals surface area contributed by atoms with E-state index in [1.807, 2.05) is 0 Å². The van der Waals surface area contributed by atoms with Crippen LogP contribution >= 0.6 is 0 Å². The summed E-state index contributed by atoms with van der Waals surface area (Å²) in [6.45, 7) is 6.88. The molecule has 1 unspecified atom stereocenters. The molecule has 0 spiro atoms.